The highest BCUT2D eigenvalue weighted by atomic mass is 14.9. The monoisotopic (exact) mass is 221 g/mol. The highest BCUT2D eigenvalue weighted by Gasteiger charge is 2.18. The van der Waals surface area contributed by atoms with Gasteiger partial charge in [-0.2, -0.15) is 0 Å². The zero-order chi connectivity index (χ0) is 11.2. The van der Waals surface area contributed by atoms with Crippen LogP contribution in [0, 0.1) is 17.8 Å². The summed E-state index contributed by atoms with van der Waals surface area (Å²) >= 11 is 0. The molecule has 2 aliphatic carbocycles. The van der Waals surface area contributed by atoms with Crippen molar-refractivity contribution < 1.29 is 0 Å². The Balaban J connectivity index is 1.58. The maximum atomic E-state index is 3.71. The molecule has 0 aromatic carbocycles. The summed E-state index contributed by atoms with van der Waals surface area (Å²) in [6.07, 6.45) is 14.5. The fraction of sp³-hybridized carbons (Fsp3) is 0.867. The molecule has 0 heterocycles. The maximum absolute atomic E-state index is 3.71. The average Bonchev–Trinajstić information content (AvgIpc) is 2.30. The van der Waals surface area contributed by atoms with Gasteiger partial charge in [-0.25, -0.2) is 0 Å². The van der Waals surface area contributed by atoms with Crippen molar-refractivity contribution in [2.24, 2.45) is 17.8 Å². The lowest BCUT2D eigenvalue weighted by Gasteiger charge is -2.27. The average molecular weight is 221 g/mol. The third kappa shape index (κ3) is 3.93. The van der Waals surface area contributed by atoms with Gasteiger partial charge in [-0.3, -0.25) is 0 Å². The summed E-state index contributed by atoms with van der Waals surface area (Å²) in [5.74, 6) is 2.84. The first-order chi connectivity index (χ1) is 7.84. The molecule has 3 unspecified atom stereocenters. The lowest BCUT2D eigenvalue weighted by molar-refractivity contribution is 0.269. The predicted octanol–water partition coefficient (Wildman–Crippen LogP) is 3.76. The second-order valence-electron chi connectivity index (χ2n) is 5.95. The molecule has 3 atom stereocenters. The number of rotatable bonds is 4. The van der Waals surface area contributed by atoms with Crippen molar-refractivity contribution in [1.29, 1.82) is 0 Å². The number of allylic oxidation sites excluding steroid dienone is 2. The van der Waals surface area contributed by atoms with Crippen molar-refractivity contribution in [3.63, 3.8) is 0 Å². The molecule has 1 N–H and O–H groups in total. The van der Waals surface area contributed by atoms with Crippen molar-refractivity contribution in [2.75, 3.05) is 13.1 Å². The first kappa shape index (κ1) is 12.2. The molecule has 0 spiro atoms. The quantitative estimate of drug-likeness (QED) is 0.713. The SMILES string of the molecule is CC1CCCC(CNCC2CC=CCC2)C1. The fourth-order valence-corrected chi connectivity index (χ4v) is 3.28. The minimum Gasteiger partial charge on any atom is -0.316 e. The summed E-state index contributed by atoms with van der Waals surface area (Å²) in [7, 11) is 0. The molecule has 16 heavy (non-hydrogen) atoms. The van der Waals surface area contributed by atoms with Gasteiger partial charge in [0.2, 0.25) is 0 Å². The highest BCUT2D eigenvalue weighted by molar-refractivity contribution is 4.90. The van der Waals surface area contributed by atoms with E-state index in [4.69, 9.17) is 0 Å². The first-order valence-electron chi connectivity index (χ1n) is 7.20. The molecule has 0 saturated heterocycles. The molecule has 0 amide bonds. The Morgan fingerprint density at radius 3 is 2.69 bits per heavy atom. The second-order valence-corrected chi connectivity index (χ2v) is 5.95. The lowest BCUT2D eigenvalue weighted by Crippen LogP contribution is -2.30. The van der Waals surface area contributed by atoms with Crippen LogP contribution >= 0.6 is 0 Å². The summed E-state index contributed by atoms with van der Waals surface area (Å²) in [5, 5.41) is 3.71. The molecule has 1 saturated carbocycles. The molecule has 0 radical (unpaired) electrons. The Morgan fingerprint density at radius 1 is 1.06 bits per heavy atom. The van der Waals surface area contributed by atoms with Crippen molar-refractivity contribution in [2.45, 2.75) is 51.9 Å². The summed E-state index contributed by atoms with van der Waals surface area (Å²) < 4.78 is 0. The molecule has 92 valence electrons. The zero-order valence-electron chi connectivity index (χ0n) is 10.8. The Hall–Kier alpha value is -0.300. The van der Waals surface area contributed by atoms with Gasteiger partial charge in [0.05, 0.1) is 0 Å². The Labute approximate surface area is 101 Å². The van der Waals surface area contributed by atoms with E-state index < -0.39 is 0 Å². The van der Waals surface area contributed by atoms with Gasteiger partial charge in [0.25, 0.3) is 0 Å². The maximum Gasteiger partial charge on any atom is -0.00173 e. The van der Waals surface area contributed by atoms with Gasteiger partial charge >= 0.3 is 0 Å². The van der Waals surface area contributed by atoms with E-state index in [2.05, 4.69) is 24.4 Å². The van der Waals surface area contributed by atoms with Crippen LogP contribution in [0.2, 0.25) is 0 Å². The topological polar surface area (TPSA) is 12.0 Å². The summed E-state index contributed by atoms with van der Waals surface area (Å²) in [4.78, 5) is 0. The van der Waals surface area contributed by atoms with Crippen LogP contribution in [0.25, 0.3) is 0 Å². The van der Waals surface area contributed by atoms with Gasteiger partial charge < -0.3 is 5.32 Å². The number of nitrogens with one attached hydrogen (secondary N) is 1. The number of hydrogen-bond donors (Lipinski definition) is 1. The molecule has 2 rings (SSSR count). The molecule has 2 aliphatic rings. The summed E-state index contributed by atoms with van der Waals surface area (Å²) in [6, 6.07) is 0. The minimum atomic E-state index is 0.908. The lowest BCUT2D eigenvalue weighted by atomic mass is 9.82. The largest absolute Gasteiger partial charge is 0.316 e. The van der Waals surface area contributed by atoms with Gasteiger partial charge in [0.1, 0.15) is 0 Å². The van der Waals surface area contributed by atoms with E-state index in [1.165, 1.54) is 58.0 Å². The van der Waals surface area contributed by atoms with Crippen LogP contribution in [-0.2, 0) is 0 Å². The number of hydrogen-bond acceptors (Lipinski definition) is 1. The first-order valence-corrected chi connectivity index (χ1v) is 7.20. The Morgan fingerprint density at radius 2 is 1.94 bits per heavy atom. The molecule has 1 heteroatoms. The van der Waals surface area contributed by atoms with Gasteiger partial charge in [-0.1, -0.05) is 31.9 Å². The molecule has 1 nitrogen and oxygen atoms in total. The predicted molar refractivity (Wildman–Crippen MR) is 70.5 cm³/mol. The summed E-state index contributed by atoms with van der Waals surface area (Å²) in [6.45, 7) is 4.93. The molecule has 0 aromatic heterocycles. The van der Waals surface area contributed by atoms with Crippen molar-refractivity contribution in [1.82, 2.24) is 5.32 Å². The smallest absolute Gasteiger partial charge is 0.00173 e. The van der Waals surface area contributed by atoms with Crippen molar-refractivity contribution >= 4 is 0 Å². The third-order valence-corrected chi connectivity index (χ3v) is 4.29. The normalized spacial score (nSPS) is 35.2. The van der Waals surface area contributed by atoms with E-state index in [0.29, 0.717) is 0 Å². The van der Waals surface area contributed by atoms with E-state index >= 15 is 0 Å². The van der Waals surface area contributed by atoms with Crippen LogP contribution in [0.4, 0.5) is 0 Å². The zero-order valence-corrected chi connectivity index (χ0v) is 10.8. The van der Waals surface area contributed by atoms with E-state index in [1.54, 1.807) is 0 Å². The Kier molecular flexibility index (Phi) is 4.90. The van der Waals surface area contributed by atoms with Crippen molar-refractivity contribution in [3.8, 4) is 0 Å². The molecular weight excluding hydrogens is 194 g/mol. The van der Waals surface area contributed by atoms with Crippen LogP contribution in [0.5, 0.6) is 0 Å². The van der Waals surface area contributed by atoms with Crippen LogP contribution < -0.4 is 5.32 Å². The molecule has 1 fully saturated rings. The molecular formula is C15H27N. The van der Waals surface area contributed by atoms with E-state index in [0.717, 1.165) is 17.8 Å². The van der Waals surface area contributed by atoms with E-state index in [1.807, 2.05) is 0 Å². The molecule has 0 bridgehead atoms. The van der Waals surface area contributed by atoms with Gasteiger partial charge in [-0.15, -0.1) is 0 Å². The van der Waals surface area contributed by atoms with E-state index in [9.17, 15) is 0 Å². The fourth-order valence-electron chi connectivity index (χ4n) is 3.28. The summed E-state index contributed by atoms with van der Waals surface area (Å²) in [5.41, 5.74) is 0. The highest BCUT2D eigenvalue weighted by Crippen LogP contribution is 2.28. The van der Waals surface area contributed by atoms with E-state index in [-0.39, 0.29) is 0 Å². The van der Waals surface area contributed by atoms with Gasteiger partial charge in [-0.05, 0) is 62.9 Å². The van der Waals surface area contributed by atoms with Crippen LogP contribution in [0.3, 0.4) is 0 Å². The minimum absolute atomic E-state index is 0.908. The van der Waals surface area contributed by atoms with Crippen LogP contribution in [0.15, 0.2) is 12.2 Å². The van der Waals surface area contributed by atoms with Gasteiger partial charge in [0, 0.05) is 0 Å². The van der Waals surface area contributed by atoms with Crippen LogP contribution in [-0.4, -0.2) is 13.1 Å². The molecule has 0 aliphatic heterocycles. The van der Waals surface area contributed by atoms with Crippen molar-refractivity contribution in [3.05, 3.63) is 12.2 Å². The third-order valence-electron chi connectivity index (χ3n) is 4.29. The Bertz CT molecular complexity index is 221. The van der Waals surface area contributed by atoms with Crippen LogP contribution in [0.1, 0.15) is 51.9 Å². The standard InChI is InChI=1S/C15H27N/c1-13-6-5-9-15(10-13)12-16-11-14-7-3-2-4-8-14/h2-3,13-16H,4-12H2,1H3. The van der Waals surface area contributed by atoms with Gasteiger partial charge in [0.15, 0.2) is 0 Å². The molecule has 0 aromatic rings. The second kappa shape index (κ2) is 6.44.